The predicted octanol–water partition coefficient (Wildman–Crippen LogP) is 1.87. The Balaban J connectivity index is 1.29. The summed E-state index contributed by atoms with van der Waals surface area (Å²) in [6.07, 6.45) is 2.52. The lowest BCUT2D eigenvalue weighted by atomic mass is 10.0. The van der Waals surface area contributed by atoms with Crippen LogP contribution in [0.15, 0.2) is 18.2 Å². The average Bonchev–Trinajstić information content (AvgIpc) is 3.12. The number of ether oxygens (including phenoxy) is 3. The van der Waals surface area contributed by atoms with Crippen molar-refractivity contribution in [2.75, 3.05) is 44.4 Å². The molecule has 2 saturated heterocycles. The fourth-order valence-corrected chi connectivity index (χ4v) is 3.99. The highest BCUT2D eigenvalue weighted by atomic mass is 16.7. The maximum Gasteiger partial charge on any atom is 0.265 e. The molecule has 0 unspecified atom stereocenters. The maximum atomic E-state index is 12.5. The maximum absolute atomic E-state index is 12.5. The Kier molecular flexibility index (Phi) is 5.06. The second-order valence-electron chi connectivity index (χ2n) is 7.40. The van der Waals surface area contributed by atoms with Gasteiger partial charge in [0.25, 0.3) is 5.91 Å². The summed E-state index contributed by atoms with van der Waals surface area (Å²) < 4.78 is 16.9. The third-order valence-electron chi connectivity index (χ3n) is 5.52. The van der Waals surface area contributed by atoms with Crippen LogP contribution in [0.1, 0.15) is 31.2 Å². The van der Waals surface area contributed by atoms with Gasteiger partial charge < -0.3 is 24.0 Å². The van der Waals surface area contributed by atoms with Gasteiger partial charge in [-0.1, -0.05) is 6.07 Å². The molecule has 0 aromatic heterocycles. The van der Waals surface area contributed by atoms with Crippen molar-refractivity contribution in [2.24, 2.45) is 0 Å². The fourth-order valence-electron chi connectivity index (χ4n) is 3.99. The Morgan fingerprint density at radius 3 is 2.67 bits per heavy atom. The van der Waals surface area contributed by atoms with Gasteiger partial charge in [-0.25, -0.2) is 0 Å². The van der Waals surface area contributed by atoms with Gasteiger partial charge in [-0.3, -0.25) is 9.59 Å². The number of rotatable bonds is 4. The van der Waals surface area contributed by atoms with E-state index in [4.69, 9.17) is 14.2 Å². The highest BCUT2D eigenvalue weighted by Gasteiger charge is 2.40. The summed E-state index contributed by atoms with van der Waals surface area (Å²) in [5, 5.41) is 0. The van der Waals surface area contributed by atoms with E-state index in [2.05, 4.69) is 0 Å². The number of benzene rings is 1. The van der Waals surface area contributed by atoms with Crippen molar-refractivity contribution in [3.63, 3.8) is 0 Å². The Bertz CT molecular complexity index is 719. The molecule has 0 radical (unpaired) electrons. The average molecular weight is 374 g/mol. The van der Waals surface area contributed by atoms with Gasteiger partial charge in [-0.2, -0.15) is 0 Å². The van der Waals surface area contributed by atoms with Crippen LogP contribution in [-0.4, -0.2) is 62.0 Å². The zero-order chi connectivity index (χ0) is 18.9. The smallest absolute Gasteiger partial charge is 0.265 e. The summed E-state index contributed by atoms with van der Waals surface area (Å²) >= 11 is 0. The van der Waals surface area contributed by atoms with Crippen LogP contribution in [0.2, 0.25) is 0 Å². The van der Waals surface area contributed by atoms with Crippen LogP contribution >= 0.6 is 0 Å². The number of piperidine rings is 1. The molecule has 0 saturated carbocycles. The van der Waals surface area contributed by atoms with Gasteiger partial charge in [-0.15, -0.1) is 0 Å². The number of carbonyl (C=O) groups excluding carboxylic acids is 2. The number of likely N-dealkylation sites (tertiary alicyclic amines) is 1. The first-order valence-electron chi connectivity index (χ1n) is 9.66. The lowest BCUT2D eigenvalue weighted by Crippen LogP contribution is -2.47. The Hall–Kier alpha value is -2.12. The molecular formula is C20H26N2O5. The number of nitrogens with zero attached hydrogens (tertiary/aromatic N) is 2. The minimum Gasteiger partial charge on any atom is -0.482 e. The molecule has 0 bridgehead atoms. The zero-order valence-corrected chi connectivity index (χ0v) is 15.7. The molecule has 1 aromatic rings. The molecule has 146 valence electrons. The van der Waals surface area contributed by atoms with E-state index in [0.29, 0.717) is 45.7 Å². The van der Waals surface area contributed by atoms with Crippen molar-refractivity contribution in [3.05, 3.63) is 23.8 Å². The molecule has 7 nitrogen and oxygen atoms in total. The highest BCUT2D eigenvalue weighted by molar-refractivity contribution is 5.98. The van der Waals surface area contributed by atoms with Crippen LogP contribution in [-0.2, 0) is 19.1 Å². The number of fused-ring (bicyclic) bond motifs is 1. The number of amides is 2. The van der Waals surface area contributed by atoms with Gasteiger partial charge in [0.05, 0.1) is 18.9 Å². The van der Waals surface area contributed by atoms with Crippen LogP contribution in [0, 0.1) is 6.92 Å². The van der Waals surface area contributed by atoms with E-state index in [0.717, 1.165) is 29.8 Å². The second kappa shape index (κ2) is 7.48. The van der Waals surface area contributed by atoms with Gasteiger partial charge in [0.1, 0.15) is 5.75 Å². The molecule has 2 fully saturated rings. The monoisotopic (exact) mass is 374 g/mol. The largest absolute Gasteiger partial charge is 0.482 e. The van der Waals surface area contributed by atoms with Crippen molar-refractivity contribution in [1.29, 1.82) is 0 Å². The molecule has 3 heterocycles. The molecule has 4 rings (SSSR count). The number of hydrogen-bond acceptors (Lipinski definition) is 5. The number of anilines is 1. The summed E-state index contributed by atoms with van der Waals surface area (Å²) in [7, 11) is 0. The molecule has 27 heavy (non-hydrogen) atoms. The molecule has 3 aliphatic heterocycles. The van der Waals surface area contributed by atoms with Gasteiger partial charge in [-0.05, 0) is 31.0 Å². The van der Waals surface area contributed by atoms with E-state index in [1.54, 1.807) is 4.90 Å². The Labute approximate surface area is 159 Å². The first-order chi connectivity index (χ1) is 13.1. The Morgan fingerprint density at radius 1 is 1.19 bits per heavy atom. The molecule has 7 heteroatoms. The molecule has 0 N–H and O–H groups in total. The van der Waals surface area contributed by atoms with Crippen LogP contribution in [0.5, 0.6) is 5.75 Å². The third kappa shape index (κ3) is 3.80. The van der Waals surface area contributed by atoms with Crippen LogP contribution in [0.4, 0.5) is 5.69 Å². The van der Waals surface area contributed by atoms with Gasteiger partial charge in [0, 0.05) is 38.9 Å². The molecule has 0 atom stereocenters. The summed E-state index contributed by atoms with van der Waals surface area (Å²) in [6, 6.07) is 5.82. The van der Waals surface area contributed by atoms with Crippen LogP contribution in [0.3, 0.4) is 0 Å². The fraction of sp³-hybridized carbons (Fsp3) is 0.600. The lowest BCUT2D eigenvalue weighted by Gasteiger charge is -2.37. The van der Waals surface area contributed by atoms with E-state index >= 15 is 0 Å². The molecule has 1 spiro atoms. The first kappa shape index (κ1) is 18.3. The summed E-state index contributed by atoms with van der Waals surface area (Å²) in [5.41, 5.74) is 1.88. The van der Waals surface area contributed by atoms with E-state index in [1.165, 1.54) is 0 Å². The van der Waals surface area contributed by atoms with Crippen molar-refractivity contribution in [2.45, 2.75) is 38.4 Å². The van der Waals surface area contributed by atoms with Gasteiger partial charge >= 0.3 is 0 Å². The van der Waals surface area contributed by atoms with Crippen molar-refractivity contribution in [1.82, 2.24) is 4.90 Å². The predicted molar refractivity (Wildman–Crippen MR) is 98.7 cm³/mol. The minimum atomic E-state index is -0.460. The second-order valence-corrected chi connectivity index (χ2v) is 7.40. The van der Waals surface area contributed by atoms with Gasteiger partial charge in [0.2, 0.25) is 5.91 Å². The summed E-state index contributed by atoms with van der Waals surface area (Å²) in [4.78, 5) is 28.4. The summed E-state index contributed by atoms with van der Waals surface area (Å²) in [6.45, 7) is 5.17. The van der Waals surface area contributed by atoms with Crippen LogP contribution < -0.4 is 9.64 Å². The summed E-state index contributed by atoms with van der Waals surface area (Å²) in [5.74, 6) is 0.340. The standard InChI is InChI=1S/C20H26N2O5/c1-15-4-5-17-16(13-15)22(19(24)14-25-17)8-2-3-18(23)21-9-6-20(7-10-21)26-11-12-27-20/h4-5,13H,2-3,6-12,14H2,1H3. The third-order valence-corrected chi connectivity index (χ3v) is 5.52. The van der Waals surface area contributed by atoms with Crippen molar-refractivity contribution in [3.8, 4) is 5.75 Å². The van der Waals surface area contributed by atoms with E-state index in [-0.39, 0.29) is 18.4 Å². The number of hydrogen-bond donors (Lipinski definition) is 0. The molecular weight excluding hydrogens is 348 g/mol. The first-order valence-corrected chi connectivity index (χ1v) is 9.66. The normalized spacial score (nSPS) is 21.3. The topological polar surface area (TPSA) is 68.3 Å². The SMILES string of the molecule is Cc1ccc2c(c1)N(CCCC(=O)N1CCC3(CC1)OCCO3)C(=O)CO2. The molecule has 1 aromatic carbocycles. The minimum absolute atomic E-state index is 0.0538. The van der Waals surface area contributed by atoms with Crippen molar-refractivity contribution >= 4 is 17.5 Å². The quantitative estimate of drug-likeness (QED) is 0.805. The molecule has 0 aliphatic carbocycles. The van der Waals surface area contributed by atoms with E-state index in [9.17, 15) is 9.59 Å². The van der Waals surface area contributed by atoms with E-state index in [1.807, 2.05) is 30.0 Å². The highest BCUT2D eigenvalue weighted by Crippen LogP contribution is 2.33. The van der Waals surface area contributed by atoms with Crippen molar-refractivity contribution < 1.29 is 23.8 Å². The number of carbonyl (C=O) groups is 2. The number of aryl methyl sites for hydroxylation is 1. The Morgan fingerprint density at radius 2 is 1.93 bits per heavy atom. The van der Waals surface area contributed by atoms with E-state index < -0.39 is 5.79 Å². The molecule has 2 amide bonds. The zero-order valence-electron chi connectivity index (χ0n) is 15.7. The van der Waals surface area contributed by atoms with Crippen LogP contribution in [0.25, 0.3) is 0 Å². The molecule has 3 aliphatic rings. The van der Waals surface area contributed by atoms with Gasteiger partial charge in [0.15, 0.2) is 12.4 Å². The lowest BCUT2D eigenvalue weighted by molar-refractivity contribution is -0.187.